The molecule has 184 valence electrons. The van der Waals surface area contributed by atoms with Gasteiger partial charge >= 0.3 is 12.0 Å². The number of nitrogens with one attached hydrogen (secondary N) is 1. The van der Waals surface area contributed by atoms with Crippen LogP contribution in [0, 0.1) is 0 Å². The van der Waals surface area contributed by atoms with Gasteiger partial charge in [-0.25, -0.2) is 9.78 Å². The fourth-order valence-electron chi connectivity index (χ4n) is 4.13. The lowest BCUT2D eigenvalue weighted by Gasteiger charge is -2.25. The van der Waals surface area contributed by atoms with E-state index in [0.717, 1.165) is 40.8 Å². The summed E-state index contributed by atoms with van der Waals surface area (Å²) in [6, 6.07) is 5.95. The zero-order chi connectivity index (χ0) is 24.9. The highest BCUT2D eigenvalue weighted by atomic mass is 79.9. The van der Waals surface area contributed by atoms with Crippen molar-refractivity contribution in [2.75, 3.05) is 49.3 Å². The van der Waals surface area contributed by atoms with Gasteiger partial charge in [0.2, 0.25) is 0 Å². The fraction of sp³-hybridized carbons (Fsp3) is 0.455. The van der Waals surface area contributed by atoms with Gasteiger partial charge < -0.3 is 14.7 Å². The number of anilines is 2. The molecule has 2 aliphatic rings. The first-order valence-corrected chi connectivity index (χ1v) is 13.2. The zero-order valence-electron chi connectivity index (χ0n) is 19.2. The molecule has 12 heteroatoms. The summed E-state index contributed by atoms with van der Waals surface area (Å²) in [5.74, 6) is -0.860. The number of amides is 2. The van der Waals surface area contributed by atoms with Crippen LogP contribution in [0.1, 0.15) is 25.8 Å². The number of carbonyl (C=O) groups excluding carboxylic acids is 2. The van der Waals surface area contributed by atoms with Crippen LogP contribution in [0.15, 0.2) is 33.1 Å². The van der Waals surface area contributed by atoms with E-state index in [0.29, 0.717) is 18.3 Å². The van der Waals surface area contributed by atoms with Crippen LogP contribution in [0.2, 0.25) is 0 Å². The largest absolute Gasteiger partial charge is 0.481 e. The van der Waals surface area contributed by atoms with E-state index in [1.54, 1.807) is 13.1 Å². The summed E-state index contributed by atoms with van der Waals surface area (Å²) in [7, 11) is 2.13. The molecule has 1 atom stereocenters. The Hall–Kier alpha value is -2.15. The number of carbonyl (C=O) groups is 3. The Labute approximate surface area is 215 Å². The molecule has 9 nitrogen and oxygen atoms in total. The molecule has 1 aromatic carbocycles. The number of likely N-dealkylation sites (tertiary alicyclic amines) is 1. The second-order valence-electron chi connectivity index (χ2n) is 8.04. The zero-order valence-corrected chi connectivity index (χ0v) is 22.4. The van der Waals surface area contributed by atoms with Gasteiger partial charge in [0.15, 0.2) is 5.13 Å². The van der Waals surface area contributed by atoms with E-state index >= 15 is 0 Å². The maximum atomic E-state index is 13.1. The van der Waals surface area contributed by atoms with Crippen LogP contribution >= 0.6 is 39.0 Å². The number of urea groups is 1. The number of rotatable bonds is 5. The molecular formula is C22H27BrN4O5S2. The smallest absolute Gasteiger partial charge is 0.328 e. The lowest BCUT2D eigenvalue weighted by Crippen LogP contribution is -2.40. The average Bonchev–Trinajstić information content (AvgIpc) is 3.45. The molecule has 1 fully saturated rings. The number of likely N-dealkylation sites (N-methyl/N-ethyl adjacent to an activating group) is 1. The van der Waals surface area contributed by atoms with Crippen LogP contribution < -0.4 is 10.2 Å². The molecule has 1 aromatic heterocycles. The Bertz CT molecular complexity index is 1060. The number of carboxylic acids is 1. The minimum atomic E-state index is -0.833. The minimum Gasteiger partial charge on any atom is -0.481 e. The molecule has 4 rings (SSSR count). The maximum Gasteiger partial charge on any atom is 0.328 e. The lowest BCUT2D eigenvalue weighted by molar-refractivity contribution is -0.140. The van der Waals surface area contributed by atoms with Crippen molar-refractivity contribution in [2.45, 2.75) is 29.9 Å². The summed E-state index contributed by atoms with van der Waals surface area (Å²) in [5.41, 5.74) is 2.15. The van der Waals surface area contributed by atoms with E-state index in [2.05, 4.69) is 44.2 Å². The number of hydrogen-bond acceptors (Lipinski definition) is 8. The van der Waals surface area contributed by atoms with E-state index < -0.39 is 5.97 Å². The summed E-state index contributed by atoms with van der Waals surface area (Å²) >= 11 is 6.30. The second kappa shape index (κ2) is 11.5. The molecular weight excluding hydrogens is 544 g/mol. The minimum absolute atomic E-state index is 0.0330. The van der Waals surface area contributed by atoms with Gasteiger partial charge in [-0.3, -0.25) is 19.8 Å². The lowest BCUT2D eigenvalue weighted by atomic mass is 9.82. The van der Waals surface area contributed by atoms with Gasteiger partial charge in [-0.05, 0) is 50.7 Å². The number of hydrogen-bond donors (Lipinski definition) is 2. The molecule has 2 aliphatic heterocycles. The van der Waals surface area contributed by atoms with Gasteiger partial charge in [0.05, 0.1) is 22.8 Å². The van der Waals surface area contributed by atoms with Crippen molar-refractivity contribution in [2.24, 2.45) is 0 Å². The monoisotopic (exact) mass is 570 g/mol. The van der Waals surface area contributed by atoms with Crippen LogP contribution in [0.5, 0.6) is 0 Å². The molecule has 1 spiro atoms. The third kappa shape index (κ3) is 6.49. The second-order valence-corrected chi connectivity index (χ2v) is 11.3. The summed E-state index contributed by atoms with van der Waals surface area (Å²) in [6.45, 7) is 5.85. The maximum absolute atomic E-state index is 13.1. The number of thiazole rings is 1. The number of aliphatic carboxylic acids is 1. The number of nitrogens with zero attached hydrogens (tertiary/aromatic N) is 3. The topological polar surface area (TPSA) is 112 Å². The van der Waals surface area contributed by atoms with E-state index in [-0.39, 0.29) is 23.2 Å². The van der Waals surface area contributed by atoms with Gasteiger partial charge in [0.25, 0.3) is 5.97 Å². The van der Waals surface area contributed by atoms with Crippen molar-refractivity contribution in [1.82, 2.24) is 9.88 Å². The Morgan fingerprint density at radius 2 is 2.09 bits per heavy atom. The van der Waals surface area contributed by atoms with Crippen LogP contribution in [0.4, 0.5) is 15.6 Å². The van der Waals surface area contributed by atoms with Crippen molar-refractivity contribution in [3.63, 3.8) is 0 Å². The highest BCUT2D eigenvalue weighted by Gasteiger charge is 2.48. The summed E-state index contributed by atoms with van der Waals surface area (Å²) < 4.78 is 6.83. The predicted molar refractivity (Wildman–Crippen MR) is 137 cm³/mol. The number of thioether (sulfide) groups is 1. The van der Waals surface area contributed by atoms with Gasteiger partial charge in [-0.15, -0.1) is 11.8 Å². The van der Waals surface area contributed by atoms with E-state index in [1.807, 2.05) is 17.0 Å². The van der Waals surface area contributed by atoms with Crippen molar-refractivity contribution >= 4 is 67.8 Å². The Morgan fingerprint density at radius 3 is 2.74 bits per heavy atom. The predicted octanol–water partition coefficient (Wildman–Crippen LogP) is 4.28. The van der Waals surface area contributed by atoms with E-state index in [9.17, 15) is 9.59 Å². The third-order valence-corrected chi connectivity index (χ3v) is 7.98. The average molecular weight is 572 g/mol. The summed E-state index contributed by atoms with van der Waals surface area (Å²) in [5, 5.41) is 10.9. The van der Waals surface area contributed by atoms with E-state index in [4.69, 9.17) is 14.6 Å². The number of fused-ring (bicyclic) bond motifs is 2. The first-order chi connectivity index (χ1) is 16.1. The van der Waals surface area contributed by atoms with Crippen molar-refractivity contribution in [3.05, 3.63) is 34.4 Å². The van der Waals surface area contributed by atoms with Gasteiger partial charge in [-0.2, -0.15) is 0 Å². The number of carboxylic acid groups (broad SMARTS) is 1. The van der Waals surface area contributed by atoms with Crippen molar-refractivity contribution < 1.29 is 24.2 Å². The molecule has 0 saturated carbocycles. The highest BCUT2D eigenvalue weighted by Crippen LogP contribution is 2.47. The Kier molecular flexibility index (Phi) is 8.96. The molecule has 0 aliphatic carbocycles. The highest BCUT2D eigenvalue weighted by molar-refractivity contribution is 9.10. The number of aromatic nitrogens is 1. The van der Waals surface area contributed by atoms with Gasteiger partial charge in [-0.1, -0.05) is 27.3 Å². The number of esters is 1. The number of halogens is 1. The SMILES string of the molecule is CC(=O)O.CCOC(=O)CSc1cnc(NC(=O)N2C[C@@]3(CCN(C)C3)c3cc(Br)ccc32)s1. The summed E-state index contributed by atoms with van der Waals surface area (Å²) in [6.07, 6.45) is 2.70. The van der Waals surface area contributed by atoms with Gasteiger partial charge in [0, 0.05) is 35.6 Å². The van der Waals surface area contributed by atoms with Crippen LogP contribution in [-0.2, 0) is 19.7 Å². The van der Waals surface area contributed by atoms with E-state index in [1.165, 1.54) is 28.7 Å². The molecule has 2 amide bonds. The van der Waals surface area contributed by atoms with Crippen LogP contribution in [0.25, 0.3) is 0 Å². The van der Waals surface area contributed by atoms with Crippen LogP contribution in [0.3, 0.4) is 0 Å². The molecule has 2 N–H and O–H groups in total. The molecule has 2 aromatic rings. The van der Waals surface area contributed by atoms with Crippen LogP contribution in [-0.4, -0.2) is 72.0 Å². The standard InChI is InChI=1S/C20H23BrN4O3S2.C2H4O2/c1-3-28-16(26)10-29-17-9-22-18(30-17)23-19(27)25-12-20(6-7-24(2)11-20)14-8-13(21)4-5-15(14)25;1-2(3)4/h4-5,8-9H,3,6-7,10-12H2,1-2H3,(H,22,23,27);1H3,(H,3,4)/t20-;/m0./s1. The Morgan fingerprint density at radius 1 is 1.35 bits per heavy atom. The third-order valence-electron chi connectivity index (χ3n) is 5.41. The van der Waals surface area contributed by atoms with Gasteiger partial charge in [0.1, 0.15) is 0 Å². The summed E-state index contributed by atoms with van der Waals surface area (Å²) in [4.78, 5) is 42.1. The molecule has 3 heterocycles. The molecule has 0 unspecified atom stereocenters. The molecule has 0 radical (unpaired) electrons. The quantitative estimate of drug-likeness (QED) is 0.404. The molecule has 0 bridgehead atoms. The number of ether oxygens (including phenoxy) is 1. The van der Waals surface area contributed by atoms with Crippen molar-refractivity contribution in [1.29, 1.82) is 0 Å². The Balaban J connectivity index is 0.000000751. The molecule has 1 saturated heterocycles. The first kappa shape index (κ1) is 26.5. The van der Waals surface area contributed by atoms with Crippen molar-refractivity contribution in [3.8, 4) is 0 Å². The number of benzene rings is 1. The molecule has 34 heavy (non-hydrogen) atoms. The first-order valence-electron chi connectivity index (χ1n) is 10.6. The fourth-order valence-corrected chi connectivity index (χ4v) is 6.15. The normalized spacial score (nSPS) is 18.9.